The summed E-state index contributed by atoms with van der Waals surface area (Å²) in [4.78, 5) is 24.6. The summed E-state index contributed by atoms with van der Waals surface area (Å²) in [5.74, 6) is 1.22. The smallest absolute Gasteiger partial charge is 0.247 e. The second-order valence-corrected chi connectivity index (χ2v) is 5.85. The van der Waals surface area contributed by atoms with Crippen molar-refractivity contribution in [2.75, 3.05) is 37.0 Å². The topological polar surface area (TPSA) is 75.3 Å². The van der Waals surface area contributed by atoms with E-state index in [1.807, 2.05) is 32.1 Å². The fourth-order valence-electron chi connectivity index (χ4n) is 2.27. The third kappa shape index (κ3) is 2.47. The van der Waals surface area contributed by atoms with Gasteiger partial charge in [-0.15, -0.1) is 0 Å². The second kappa shape index (κ2) is 4.88. The largest absolute Gasteiger partial charge is 0.383 e. The molecule has 0 radical (unpaired) electrons. The molecular formula is C12H19N5OS. The van der Waals surface area contributed by atoms with Gasteiger partial charge in [-0.05, 0) is 20.1 Å². The van der Waals surface area contributed by atoms with E-state index in [1.165, 1.54) is 11.8 Å². The van der Waals surface area contributed by atoms with Gasteiger partial charge in [0, 0.05) is 26.2 Å². The molecule has 0 aliphatic carbocycles. The summed E-state index contributed by atoms with van der Waals surface area (Å²) in [6, 6.07) is 1.72. The zero-order valence-corrected chi connectivity index (χ0v) is 12.5. The number of hydrogen-bond donors (Lipinski definition) is 1. The Labute approximate surface area is 117 Å². The molecule has 1 aliphatic heterocycles. The van der Waals surface area contributed by atoms with Gasteiger partial charge in [-0.25, -0.2) is 9.97 Å². The van der Waals surface area contributed by atoms with Crippen LogP contribution in [0.15, 0.2) is 11.2 Å². The Balaban J connectivity index is 2.41. The number of likely N-dealkylation sites (N-methyl/N-ethyl adjacent to an activating group) is 1. The minimum absolute atomic E-state index is 0.0848. The first-order valence-electron chi connectivity index (χ1n) is 6.08. The molecule has 1 saturated heterocycles. The SMILES string of the molecule is CSc1nc(N)cc(N2CCN(C)C(=O)C2(C)C)n1. The molecule has 6 nitrogen and oxygen atoms in total. The van der Waals surface area contributed by atoms with E-state index in [-0.39, 0.29) is 5.91 Å². The molecule has 0 spiro atoms. The van der Waals surface area contributed by atoms with Crippen molar-refractivity contribution in [3.63, 3.8) is 0 Å². The molecule has 0 bridgehead atoms. The molecule has 2 rings (SSSR count). The molecular weight excluding hydrogens is 262 g/mol. The Morgan fingerprint density at radius 3 is 2.68 bits per heavy atom. The number of nitrogen functional groups attached to an aromatic ring is 1. The van der Waals surface area contributed by atoms with Crippen LogP contribution in [0.25, 0.3) is 0 Å². The monoisotopic (exact) mass is 281 g/mol. The number of anilines is 2. The van der Waals surface area contributed by atoms with Crippen LogP contribution in [0, 0.1) is 0 Å². The summed E-state index contributed by atoms with van der Waals surface area (Å²) in [7, 11) is 1.82. The quantitative estimate of drug-likeness (QED) is 0.639. The molecule has 1 fully saturated rings. The predicted octanol–water partition coefficient (Wildman–Crippen LogP) is 0.838. The molecule has 2 heterocycles. The molecule has 1 aromatic heterocycles. The highest BCUT2D eigenvalue weighted by molar-refractivity contribution is 7.98. The third-order valence-electron chi connectivity index (χ3n) is 3.37. The van der Waals surface area contributed by atoms with Gasteiger partial charge in [-0.1, -0.05) is 11.8 Å². The lowest BCUT2D eigenvalue weighted by Crippen LogP contribution is -2.62. The molecule has 104 valence electrons. The number of hydrogen-bond acceptors (Lipinski definition) is 6. The average Bonchev–Trinajstić information content (AvgIpc) is 2.35. The number of aromatic nitrogens is 2. The van der Waals surface area contributed by atoms with Gasteiger partial charge < -0.3 is 15.5 Å². The number of rotatable bonds is 2. The highest BCUT2D eigenvalue weighted by atomic mass is 32.2. The van der Waals surface area contributed by atoms with Crippen LogP contribution in [0.3, 0.4) is 0 Å². The fraction of sp³-hybridized carbons (Fsp3) is 0.583. The van der Waals surface area contributed by atoms with Crippen molar-refractivity contribution >= 4 is 29.3 Å². The Kier molecular flexibility index (Phi) is 3.58. The normalized spacial score (nSPS) is 18.8. The number of nitrogens with zero attached hydrogens (tertiary/aromatic N) is 4. The molecule has 0 atom stereocenters. The van der Waals surface area contributed by atoms with Crippen molar-refractivity contribution in [3.8, 4) is 0 Å². The summed E-state index contributed by atoms with van der Waals surface area (Å²) in [5.41, 5.74) is 5.18. The third-order valence-corrected chi connectivity index (χ3v) is 3.92. The minimum atomic E-state index is -0.622. The van der Waals surface area contributed by atoms with Gasteiger partial charge >= 0.3 is 0 Å². The van der Waals surface area contributed by atoms with E-state index in [9.17, 15) is 4.79 Å². The van der Waals surface area contributed by atoms with E-state index < -0.39 is 5.54 Å². The molecule has 19 heavy (non-hydrogen) atoms. The van der Waals surface area contributed by atoms with Crippen LogP contribution in [0.5, 0.6) is 0 Å². The van der Waals surface area contributed by atoms with Crippen LogP contribution in [0.4, 0.5) is 11.6 Å². The highest BCUT2D eigenvalue weighted by Gasteiger charge is 2.41. The van der Waals surface area contributed by atoms with E-state index >= 15 is 0 Å². The first-order valence-corrected chi connectivity index (χ1v) is 7.30. The number of amides is 1. The fourth-order valence-corrected chi connectivity index (χ4v) is 2.66. The Bertz CT molecular complexity index is 505. The van der Waals surface area contributed by atoms with Crippen molar-refractivity contribution in [2.45, 2.75) is 24.5 Å². The van der Waals surface area contributed by atoms with Gasteiger partial charge in [0.1, 0.15) is 17.2 Å². The number of carbonyl (C=O) groups excluding carboxylic acids is 1. The van der Waals surface area contributed by atoms with Gasteiger partial charge in [0.15, 0.2) is 5.16 Å². The van der Waals surface area contributed by atoms with Crippen molar-refractivity contribution in [1.29, 1.82) is 0 Å². The average molecular weight is 281 g/mol. The molecule has 1 amide bonds. The van der Waals surface area contributed by atoms with Crippen LogP contribution in [0.1, 0.15) is 13.8 Å². The molecule has 2 N–H and O–H groups in total. The summed E-state index contributed by atoms with van der Waals surface area (Å²) in [5, 5.41) is 0.622. The summed E-state index contributed by atoms with van der Waals surface area (Å²) < 4.78 is 0. The molecule has 0 aromatic carbocycles. The molecule has 7 heteroatoms. The lowest BCUT2D eigenvalue weighted by Gasteiger charge is -2.45. The molecule has 1 aliphatic rings. The van der Waals surface area contributed by atoms with Crippen molar-refractivity contribution in [2.24, 2.45) is 0 Å². The van der Waals surface area contributed by atoms with Crippen molar-refractivity contribution in [1.82, 2.24) is 14.9 Å². The lowest BCUT2D eigenvalue weighted by atomic mass is 9.98. The van der Waals surface area contributed by atoms with Gasteiger partial charge in [0.2, 0.25) is 5.91 Å². The van der Waals surface area contributed by atoms with Crippen molar-refractivity contribution < 1.29 is 4.79 Å². The number of thioether (sulfide) groups is 1. The Hall–Kier alpha value is -1.50. The highest BCUT2D eigenvalue weighted by Crippen LogP contribution is 2.29. The number of carbonyl (C=O) groups is 1. The molecule has 0 unspecified atom stereocenters. The van der Waals surface area contributed by atoms with Gasteiger partial charge in [0.25, 0.3) is 0 Å². The van der Waals surface area contributed by atoms with Gasteiger partial charge in [-0.3, -0.25) is 4.79 Å². The van der Waals surface area contributed by atoms with E-state index in [0.717, 1.165) is 6.54 Å². The van der Waals surface area contributed by atoms with Gasteiger partial charge in [-0.2, -0.15) is 0 Å². The zero-order chi connectivity index (χ0) is 14.2. The van der Waals surface area contributed by atoms with E-state index in [4.69, 9.17) is 5.73 Å². The molecule has 0 saturated carbocycles. The van der Waals surface area contributed by atoms with Gasteiger partial charge in [0.05, 0.1) is 0 Å². The summed E-state index contributed by atoms with van der Waals surface area (Å²) in [6.45, 7) is 5.23. The van der Waals surface area contributed by atoms with Crippen LogP contribution < -0.4 is 10.6 Å². The lowest BCUT2D eigenvalue weighted by molar-refractivity contribution is -0.136. The van der Waals surface area contributed by atoms with E-state index in [2.05, 4.69) is 9.97 Å². The first kappa shape index (κ1) is 13.9. The Morgan fingerprint density at radius 1 is 1.37 bits per heavy atom. The van der Waals surface area contributed by atoms with Crippen LogP contribution in [-0.2, 0) is 4.79 Å². The predicted molar refractivity (Wildman–Crippen MR) is 77.3 cm³/mol. The zero-order valence-electron chi connectivity index (χ0n) is 11.7. The molecule has 1 aromatic rings. The maximum atomic E-state index is 12.3. The van der Waals surface area contributed by atoms with Crippen molar-refractivity contribution in [3.05, 3.63) is 6.07 Å². The van der Waals surface area contributed by atoms with Crippen LogP contribution in [0.2, 0.25) is 0 Å². The van der Waals surface area contributed by atoms with E-state index in [1.54, 1.807) is 11.0 Å². The summed E-state index contributed by atoms with van der Waals surface area (Å²) in [6.07, 6.45) is 1.90. The van der Waals surface area contributed by atoms with Crippen LogP contribution >= 0.6 is 11.8 Å². The standard InChI is InChI=1S/C12H19N5OS/c1-12(2)10(18)16(3)5-6-17(12)9-7-8(13)14-11(15-9)19-4/h7H,5-6H2,1-4H3,(H2,13,14,15). The minimum Gasteiger partial charge on any atom is -0.383 e. The maximum absolute atomic E-state index is 12.3. The van der Waals surface area contributed by atoms with Crippen LogP contribution in [-0.4, -0.2) is 52.7 Å². The second-order valence-electron chi connectivity index (χ2n) is 5.08. The number of nitrogens with two attached hydrogens (primary N) is 1. The maximum Gasteiger partial charge on any atom is 0.247 e. The first-order chi connectivity index (χ1) is 8.86. The number of piperazine rings is 1. The van der Waals surface area contributed by atoms with E-state index in [0.29, 0.717) is 23.3 Å². The Morgan fingerprint density at radius 2 is 2.05 bits per heavy atom. The summed E-state index contributed by atoms with van der Waals surface area (Å²) >= 11 is 1.44.